The fourth-order valence-corrected chi connectivity index (χ4v) is 10.3. The van der Waals surface area contributed by atoms with E-state index in [2.05, 4.69) is 83.4 Å². The average Bonchev–Trinajstić information content (AvgIpc) is 3.77. The monoisotopic (exact) mass is 895 g/mol. The van der Waals surface area contributed by atoms with Crippen LogP contribution in [0.4, 0.5) is 4.39 Å². The number of rotatable bonds is 18. The van der Waals surface area contributed by atoms with Gasteiger partial charge in [-0.2, -0.15) is 11.8 Å². The summed E-state index contributed by atoms with van der Waals surface area (Å²) in [6.45, 7) is 6.02. The summed E-state index contributed by atoms with van der Waals surface area (Å²) in [5.74, 6) is -0.892. The molecule has 4 atom stereocenters. The Morgan fingerprint density at radius 3 is 1.89 bits per heavy atom. The number of carbonyl (C=O) groups excluding carboxylic acids is 3. The second kappa shape index (κ2) is 21.3. The number of Topliss-reactive ketones (excluding diaryl/α,β-unsaturated/α-hetero) is 1. The molecule has 0 aliphatic carbocycles. The van der Waals surface area contributed by atoms with Crippen molar-refractivity contribution in [3.63, 3.8) is 0 Å². The third kappa shape index (κ3) is 11.5. The highest BCUT2D eigenvalue weighted by Crippen LogP contribution is 2.51. The molecule has 6 aromatic rings. The van der Waals surface area contributed by atoms with Crippen molar-refractivity contribution < 1.29 is 28.2 Å². The second-order valence-electron chi connectivity index (χ2n) is 16.8. The molecule has 0 saturated carbocycles. The van der Waals surface area contributed by atoms with E-state index in [4.69, 9.17) is 14.5 Å². The van der Waals surface area contributed by atoms with Crippen LogP contribution in [0.25, 0.3) is 11.3 Å². The van der Waals surface area contributed by atoms with Gasteiger partial charge in [0.05, 0.1) is 28.1 Å². The van der Waals surface area contributed by atoms with Gasteiger partial charge in [0.25, 0.3) is 5.91 Å². The minimum Gasteiger partial charge on any atom is -0.461 e. The van der Waals surface area contributed by atoms with Crippen LogP contribution in [0.3, 0.4) is 0 Å². The fraction of sp³-hybridized carbons (Fsp3) is 0.283. The molecule has 0 bridgehead atoms. The number of ether oxygens (including phenoxy) is 2. The summed E-state index contributed by atoms with van der Waals surface area (Å²) < 4.78 is 26.3. The Labute approximate surface area is 384 Å². The van der Waals surface area contributed by atoms with E-state index in [0.717, 1.165) is 22.3 Å². The first-order chi connectivity index (χ1) is 30.9. The standard InChI is InChI=1S/C53H54FN3O5S2/c1-52(2,3)62-51(60)49(45-34-42(35-55-45)64-53(38-19-11-6-12-20-38,39-21-13-7-14-22-39)40-23-15-8-16-24-40)61-47-30-29-43(48(57-47)37-25-27-41(54)28-26-37)50(59)56-44(31-32-63-4)46(58)33-36-17-9-5-10-18-36/h5-30,42,44-45,49,55H,31-35H2,1-4H3,(H,56,59)/t42-,44-,45-,49?/m0/s1. The van der Waals surface area contributed by atoms with Gasteiger partial charge in [0.1, 0.15) is 11.4 Å². The number of pyridine rings is 1. The molecule has 11 heteroatoms. The summed E-state index contributed by atoms with van der Waals surface area (Å²) in [5, 5.41) is 6.60. The highest BCUT2D eigenvalue weighted by atomic mass is 32.2. The van der Waals surface area contributed by atoms with Crippen LogP contribution >= 0.6 is 23.5 Å². The number of thioether (sulfide) groups is 2. The summed E-state index contributed by atoms with van der Waals surface area (Å²) in [4.78, 5) is 46.8. The summed E-state index contributed by atoms with van der Waals surface area (Å²) in [6, 6.07) is 48.5. The molecular formula is C53H54FN3O5S2. The molecule has 0 radical (unpaired) electrons. The van der Waals surface area contributed by atoms with Crippen LogP contribution in [0.2, 0.25) is 0 Å². The van der Waals surface area contributed by atoms with Crippen molar-refractivity contribution in [1.29, 1.82) is 0 Å². The van der Waals surface area contributed by atoms with E-state index >= 15 is 0 Å². The lowest BCUT2D eigenvalue weighted by molar-refractivity contribution is -0.164. The zero-order valence-electron chi connectivity index (χ0n) is 36.5. The van der Waals surface area contributed by atoms with E-state index in [-0.39, 0.29) is 34.6 Å². The van der Waals surface area contributed by atoms with Gasteiger partial charge in [0.2, 0.25) is 12.0 Å². The van der Waals surface area contributed by atoms with Crippen LogP contribution in [0.5, 0.6) is 5.88 Å². The molecule has 64 heavy (non-hydrogen) atoms. The maximum atomic E-state index is 14.3. The third-order valence-corrected chi connectivity index (χ3v) is 13.4. The van der Waals surface area contributed by atoms with Crippen molar-refractivity contribution in [1.82, 2.24) is 15.6 Å². The van der Waals surface area contributed by atoms with Gasteiger partial charge in [-0.1, -0.05) is 121 Å². The summed E-state index contributed by atoms with van der Waals surface area (Å²) in [7, 11) is 0. The molecule has 2 heterocycles. The van der Waals surface area contributed by atoms with Gasteiger partial charge in [-0.15, -0.1) is 11.8 Å². The average molecular weight is 896 g/mol. The summed E-state index contributed by atoms with van der Waals surface area (Å²) in [6.07, 6.45) is 2.00. The smallest absolute Gasteiger partial charge is 0.349 e. The highest BCUT2D eigenvalue weighted by molar-refractivity contribution is 8.01. The molecule has 0 spiro atoms. The van der Waals surface area contributed by atoms with E-state index in [0.29, 0.717) is 30.7 Å². The summed E-state index contributed by atoms with van der Waals surface area (Å²) in [5.41, 5.74) is 4.29. The van der Waals surface area contributed by atoms with Crippen molar-refractivity contribution in [3.8, 4) is 17.1 Å². The maximum Gasteiger partial charge on any atom is 0.349 e. The number of amides is 1. The third-order valence-electron chi connectivity index (χ3n) is 11.0. The Kier molecular flexibility index (Phi) is 15.4. The number of halogens is 1. The topological polar surface area (TPSA) is 107 Å². The van der Waals surface area contributed by atoms with Crippen molar-refractivity contribution in [3.05, 3.63) is 191 Å². The number of nitrogens with one attached hydrogen (secondary N) is 2. The first-order valence-electron chi connectivity index (χ1n) is 21.5. The quantitative estimate of drug-likeness (QED) is 0.0644. The van der Waals surface area contributed by atoms with E-state index in [1.807, 2.05) is 87.3 Å². The van der Waals surface area contributed by atoms with E-state index in [1.165, 1.54) is 24.3 Å². The van der Waals surface area contributed by atoms with Crippen molar-refractivity contribution in [2.75, 3.05) is 18.6 Å². The number of ketones is 1. The van der Waals surface area contributed by atoms with Gasteiger partial charge >= 0.3 is 5.97 Å². The normalized spacial score (nSPS) is 16.1. The Morgan fingerprint density at radius 1 is 0.781 bits per heavy atom. The zero-order valence-corrected chi connectivity index (χ0v) is 38.2. The Hall–Kier alpha value is -5.75. The minimum atomic E-state index is -1.12. The number of hydrogen-bond acceptors (Lipinski definition) is 9. The number of hydrogen-bond donors (Lipinski definition) is 2. The molecule has 1 aliphatic rings. The van der Waals surface area contributed by atoms with Crippen LogP contribution in [0.15, 0.2) is 158 Å². The van der Waals surface area contributed by atoms with Crippen LogP contribution in [-0.4, -0.2) is 70.2 Å². The Bertz CT molecular complexity index is 2380. The molecule has 330 valence electrons. The molecule has 8 nitrogen and oxygen atoms in total. The largest absolute Gasteiger partial charge is 0.461 e. The predicted molar refractivity (Wildman–Crippen MR) is 256 cm³/mol. The van der Waals surface area contributed by atoms with Crippen molar-refractivity contribution >= 4 is 41.2 Å². The van der Waals surface area contributed by atoms with Crippen molar-refractivity contribution in [2.24, 2.45) is 0 Å². The lowest BCUT2D eigenvalue weighted by Gasteiger charge is -2.37. The molecule has 2 N–H and O–H groups in total. The van der Waals surface area contributed by atoms with E-state index in [9.17, 15) is 18.8 Å². The molecule has 1 amide bonds. The van der Waals surface area contributed by atoms with Gasteiger partial charge < -0.3 is 20.1 Å². The van der Waals surface area contributed by atoms with Gasteiger partial charge in [0.15, 0.2) is 5.78 Å². The summed E-state index contributed by atoms with van der Waals surface area (Å²) >= 11 is 3.43. The minimum absolute atomic E-state index is 0.0246. The van der Waals surface area contributed by atoms with Crippen LogP contribution in [-0.2, 0) is 25.5 Å². The number of carbonyl (C=O) groups is 3. The molecule has 5 aromatic carbocycles. The lowest BCUT2D eigenvalue weighted by atomic mass is 9.84. The van der Waals surface area contributed by atoms with Crippen LogP contribution < -0.4 is 15.4 Å². The fourth-order valence-electron chi connectivity index (χ4n) is 8.03. The zero-order chi connectivity index (χ0) is 45.1. The first-order valence-corrected chi connectivity index (χ1v) is 23.8. The highest BCUT2D eigenvalue weighted by Gasteiger charge is 2.45. The maximum absolute atomic E-state index is 14.3. The molecule has 1 fully saturated rings. The molecule has 1 unspecified atom stereocenters. The molecule has 7 rings (SSSR count). The Morgan fingerprint density at radius 2 is 1.34 bits per heavy atom. The number of esters is 1. The number of benzene rings is 5. The van der Waals surface area contributed by atoms with Crippen molar-refractivity contribution in [2.45, 2.75) is 73.8 Å². The molecule has 1 aliphatic heterocycles. The second-order valence-corrected chi connectivity index (χ2v) is 19.3. The first kappa shape index (κ1) is 46.2. The van der Waals surface area contributed by atoms with Crippen LogP contribution in [0, 0.1) is 5.82 Å². The SMILES string of the molecule is CSCC[C@H](NC(=O)c1ccc(OC(C(=O)OC(C)(C)C)[C@@H]2C[C@H](SC(c3ccccc3)(c3ccccc3)c3ccccc3)CN2)nc1-c1ccc(F)cc1)C(=O)Cc1ccccc1. The van der Waals surface area contributed by atoms with Gasteiger partial charge in [0, 0.05) is 29.8 Å². The number of aromatic nitrogens is 1. The molecular weight excluding hydrogens is 842 g/mol. The van der Waals surface area contributed by atoms with E-state index in [1.54, 1.807) is 23.9 Å². The lowest BCUT2D eigenvalue weighted by Crippen LogP contribution is -2.47. The molecule has 1 aromatic heterocycles. The van der Waals surface area contributed by atoms with Gasteiger partial charge in [-0.25, -0.2) is 14.2 Å². The van der Waals surface area contributed by atoms with Gasteiger partial charge in [-0.05, 0) is 98.2 Å². The number of nitrogens with zero attached hydrogens (tertiary/aromatic N) is 1. The molecule has 1 saturated heterocycles. The van der Waals surface area contributed by atoms with E-state index < -0.39 is 46.2 Å². The Balaban J connectivity index is 1.20. The van der Waals surface area contributed by atoms with Gasteiger partial charge in [-0.3, -0.25) is 9.59 Å². The predicted octanol–water partition coefficient (Wildman–Crippen LogP) is 10.1. The van der Waals surface area contributed by atoms with Crippen LogP contribution in [0.1, 0.15) is 66.2 Å².